The van der Waals surface area contributed by atoms with Gasteiger partial charge < -0.3 is 19.9 Å². The molecular formula is C28H32N4Pt. The van der Waals surface area contributed by atoms with Crippen LogP contribution in [0.25, 0.3) is 22.3 Å². The van der Waals surface area contributed by atoms with E-state index in [1.165, 1.54) is 66.5 Å². The van der Waals surface area contributed by atoms with E-state index in [2.05, 4.69) is 96.2 Å². The van der Waals surface area contributed by atoms with E-state index in [-0.39, 0.29) is 21.1 Å². The molecule has 4 N–H and O–H groups in total. The summed E-state index contributed by atoms with van der Waals surface area (Å²) in [5, 5.41) is 4.73. The van der Waals surface area contributed by atoms with Crippen LogP contribution in [0.15, 0.2) is 48.5 Å². The van der Waals surface area contributed by atoms with Gasteiger partial charge in [0.15, 0.2) is 0 Å². The van der Waals surface area contributed by atoms with Gasteiger partial charge in [0.25, 0.3) is 0 Å². The summed E-state index contributed by atoms with van der Waals surface area (Å²) < 4.78 is 0. The average molecular weight is 620 g/mol. The smallest absolute Gasteiger partial charge is 0.0438 e. The number of hydrogen-bond acceptors (Lipinski definition) is 0. The molecule has 0 amide bonds. The van der Waals surface area contributed by atoms with E-state index in [9.17, 15) is 0 Å². The molecule has 4 nitrogen and oxygen atoms in total. The monoisotopic (exact) mass is 619 g/mol. The molecule has 5 heterocycles. The Bertz CT molecular complexity index is 1300. The van der Waals surface area contributed by atoms with Gasteiger partial charge in [0.1, 0.15) is 0 Å². The van der Waals surface area contributed by atoms with Gasteiger partial charge in [-0.15, -0.1) is 0 Å². The van der Waals surface area contributed by atoms with Crippen molar-refractivity contribution in [3.8, 4) is 0 Å². The summed E-state index contributed by atoms with van der Waals surface area (Å²) in [6, 6.07) is 17.8. The van der Waals surface area contributed by atoms with Gasteiger partial charge in [-0.3, -0.25) is 0 Å². The molecule has 4 aromatic heterocycles. The van der Waals surface area contributed by atoms with Crippen LogP contribution in [0.5, 0.6) is 0 Å². The van der Waals surface area contributed by atoms with Crippen molar-refractivity contribution < 1.29 is 21.1 Å². The standard InChI is InChI=1S/C28H32N4.Pt/c1-5-17-21-9-11-23(29-21)18(6-2)25-13-15-27(31-25)20(8-4)28-16-14-26(32-28)19(7-3)24-12-10-22(17)30-24;/h9-16,29-32H,5-8H2,1-4H3;. The molecule has 0 saturated heterocycles. The van der Waals surface area contributed by atoms with Crippen LogP contribution in [-0.2, 0) is 21.1 Å². The molecular weight excluding hydrogens is 587 g/mol. The summed E-state index contributed by atoms with van der Waals surface area (Å²) in [5.41, 5.74) is 9.96. The second-order valence-corrected chi connectivity index (χ2v) is 8.47. The summed E-state index contributed by atoms with van der Waals surface area (Å²) in [5.74, 6) is 0. The third-order valence-electron chi connectivity index (χ3n) is 6.76. The second kappa shape index (κ2) is 9.65. The first-order valence-electron chi connectivity index (χ1n) is 11.9. The van der Waals surface area contributed by atoms with Crippen molar-refractivity contribution in [3.63, 3.8) is 0 Å². The Morgan fingerprint density at radius 2 is 0.636 bits per heavy atom. The predicted molar refractivity (Wildman–Crippen MR) is 133 cm³/mol. The van der Waals surface area contributed by atoms with Crippen molar-refractivity contribution >= 4 is 22.3 Å². The van der Waals surface area contributed by atoms with Gasteiger partial charge in [0.2, 0.25) is 0 Å². The maximum absolute atomic E-state index is 3.71. The molecule has 0 unspecified atom stereocenters. The minimum absolute atomic E-state index is 0. The minimum Gasteiger partial charge on any atom is -0.355 e. The topological polar surface area (TPSA) is 63.2 Å². The molecule has 1 aliphatic rings. The summed E-state index contributed by atoms with van der Waals surface area (Å²) in [6.07, 6.45) is 3.82. The Morgan fingerprint density at radius 1 is 0.394 bits per heavy atom. The van der Waals surface area contributed by atoms with Crippen molar-refractivity contribution in [1.82, 2.24) is 19.9 Å². The van der Waals surface area contributed by atoms with E-state index in [0.717, 1.165) is 25.7 Å². The molecule has 5 heteroatoms. The molecule has 33 heavy (non-hydrogen) atoms. The van der Waals surface area contributed by atoms with Crippen LogP contribution >= 0.6 is 0 Å². The van der Waals surface area contributed by atoms with E-state index in [1.54, 1.807) is 0 Å². The Kier molecular flexibility index (Phi) is 6.85. The zero-order valence-electron chi connectivity index (χ0n) is 19.8. The molecule has 8 bridgehead atoms. The molecule has 0 aliphatic carbocycles. The second-order valence-electron chi connectivity index (χ2n) is 8.47. The molecule has 0 saturated carbocycles. The van der Waals surface area contributed by atoms with Crippen LogP contribution in [-0.4, -0.2) is 19.9 Å². The fourth-order valence-electron chi connectivity index (χ4n) is 5.09. The first-order valence-corrected chi connectivity index (χ1v) is 11.9. The van der Waals surface area contributed by atoms with Crippen molar-refractivity contribution in [2.75, 3.05) is 0 Å². The van der Waals surface area contributed by atoms with E-state index in [4.69, 9.17) is 0 Å². The number of nitrogens with one attached hydrogen (secondary N) is 4. The van der Waals surface area contributed by atoms with Crippen molar-refractivity contribution in [3.05, 3.63) is 92.7 Å². The minimum atomic E-state index is 0. The zero-order valence-corrected chi connectivity index (χ0v) is 22.0. The van der Waals surface area contributed by atoms with Crippen LogP contribution in [0, 0.1) is 0 Å². The summed E-state index contributed by atoms with van der Waals surface area (Å²) in [6.45, 7) is 8.89. The van der Waals surface area contributed by atoms with Crippen LogP contribution in [0.3, 0.4) is 0 Å². The van der Waals surface area contributed by atoms with Crippen molar-refractivity contribution in [1.29, 1.82) is 0 Å². The fourth-order valence-corrected chi connectivity index (χ4v) is 5.09. The third kappa shape index (κ3) is 4.06. The first kappa shape index (κ1) is 23.4. The molecule has 174 valence electrons. The predicted octanol–water partition coefficient (Wildman–Crippen LogP) is 3.75. The SMILES string of the molecule is CCC1=c2ccc([nH]2)=C(CC)c2ccc([nH]2)C(CC)=c2ccc([nH]2)=C(CC)c2ccc1[nH]2.[Pt]. The largest absolute Gasteiger partial charge is 0.355 e. The van der Waals surface area contributed by atoms with Crippen molar-refractivity contribution in [2.45, 2.75) is 53.4 Å². The molecule has 0 aromatic carbocycles. The van der Waals surface area contributed by atoms with E-state index in [0.29, 0.717) is 0 Å². The molecule has 0 atom stereocenters. The Labute approximate surface area is 208 Å². The normalized spacial score (nSPS) is 13.5. The summed E-state index contributed by atoms with van der Waals surface area (Å²) >= 11 is 0. The van der Waals surface area contributed by atoms with E-state index in [1.807, 2.05) is 0 Å². The Balaban J connectivity index is 0.00000259. The number of H-pyrrole nitrogens is 4. The quantitative estimate of drug-likeness (QED) is 0.269. The molecule has 4 aromatic rings. The third-order valence-corrected chi connectivity index (χ3v) is 6.76. The molecule has 5 rings (SSSR count). The van der Waals surface area contributed by atoms with E-state index >= 15 is 0 Å². The summed E-state index contributed by atoms with van der Waals surface area (Å²) in [4.78, 5) is 14.8. The van der Waals surface area contributed by atoms with Gasteiger partial charge in [0.05, 0.1) is 0 Å². The molecule has 0 fully saturated rings. The molecule has 1 aliphatic heterocycles. The maximum Gasteiger partial charge on any atom is 0.0438 e. The number of hydrogen-bond donors (Lipinski definition) is 4. The van der Waals surface area contributed by atoms with Gasteiger partial charge in [-0.2, -0.15) is 0 Å². The van der Waals surface area contributed by atoms with Gasteiger partial charge in [-0.1, -0.05) is 27.7 Å². The number of aromatic amines is 4. The first-order chi connectivity index (χ1) is 15.7. The number of rotatable bonds is 4. The Hall–Kier alpha value is -2.71. The average Bonchev–Trinajstić information content (AvgIpc) is 3.59. The van der Waals surface area contributed by atoms with Crippen molar-refractivity contribution in [2.24, 2.45) is 0 Å². The fraction of sp³-hybridized carbons (Fsp3) is 0.286. The van der Waals surface area contributed by atoms with Gasteiger partial charge in [-0.05, 0) is 96.5 Å². The van der Waals surface area contributed by atoms with Gasteiger partial charge >= 0.3 is 0 Å². The molecule has 0 radical (unpaired) electrons. The zero-order chi connectivity index (χ0) is 22.2. The van der Waals surface area contributed by atoms with Gasteiger partial charge in [0, 0.05) is 65.2 Å². The van der Waals surface area contributed by atoms with Gasteiger partial charge in [-0.25, -0.2) is 0 Å². The Morgan fingerprint density at radius 3 is 0.848 bits per heavy atom. The van der Waals surface area contributed by atoms with Crippen LogP contribution < -0.4 is 21.4 Å². The maximum atomic E-state index is 3.71. The van der Waals surface area contributed by atoms with Crippen LogP contribution in [0.4, 0.5) is 0 Å². The van der Waals surface area contributed by atoms with Crippen LogP contribution in [0.1, 0.15) is 76.2 Å². The number of fused-ring (bicyclic) bond motifs is 8. The van der Waals surface area contributed by atoms with Crippen LogP contribution in [0.2, 0.25) is 0 Å². The van der Waals surface area contributed by atoms with E-state index < -0.39 is 0 Å². The summed E-state index contributed by atoms with van der Waals surface area (Å²) in [7, 11) is 0. The number of aromatic nitrogens is 4. The molecule has 0 spiro atoms.